The van der Waals surface area contributed by atoms with E-state index in [1.54, 1.807) is 24.3 Å². The highest BCUT2D eigenvalue weighted by Gasteiger charge is 2.65. The predicted octanol–water partition coefficient (Wildman–Crippen LogP) is 2.90. The number of rotatable bonds is 7. The summed E-state index contributed by atoms with van der Waals surface area (Å²) in [6, 6.07) is 7.24. The Morgan fingerprint density at radius 3 is 2.57 bits per heavy atom. The summed E-state index contributed by atoms with van der Waals surface area (Å²) in [5.41, 5.74) is 0. The Kier molecular flexibility index (Phi) is 7.39. The van der Waals surface area contributed by atoms with Gasteiger partial charge in [0, 0.05) is 5.33 Å². The molecule has 3 rings (SSSR count). The summed E-state index contributed by atoms with van der Waals surface area (Å²) in [4.78, 5) is 39.0. The third-order valence-electron chi connectivity index (χ3n) is 4.62. The fourth-order valence-corrected chi connectivity index (χ4v) is 5.71. The number of carbonyl (C=O) groups excluding carboxylic acids is 3. The van der Waals surface area contributed by atoms with Gasteiger partial charge in [0.2, 0.25) is 9.70 Å². The lowest BCUT2D eigenvalue weighted by Gasteiger charge is -2.44. The molecule has 12 heteroatoms. The van der Waals surface area contributed by atoms with Crippen molar-refractivity contribution in [3.8, 4) is 5.75 Å². The lowest BCUT2D eigenvalue weighted by Crippen LogP contribution is -2.71. The summed E-state index contributed by atoms with van der Waals surface area (Å²) in [7, 11) is 0. The van der Waals surface area contributed by atoms with Crippen LogP contribution in [0.15, 0.2) is 30.3 Å². The van der Waals surface area contributed by atoms with Crippen molar-refractivity contribution in [3.63, 3.8) is 0 Å². The number of alkyl halides is 4. The van der Waals surface area contributed by atoms with Crippen LogP contribution in [-0.4, -0.2) is 67.2 Å². The van der Waals surface area contributed by atoms with E-state index in [0.29, 0.717) is 11.1 Å². The third kappa shape index (κ3) is 5.12. The van der Waals surface area contributed by atoms with Crippen LogP contribution in [-0.2, 0) is 19.1 Å². The second-order valence-electron chi connectivity index (χ2n) is 6.97. The average Bonchev–Trinajstić information content (AvgIpc) is 2.99. The number of hydrogen-bond donors (Lipinski definition) is 1. The van der Waals surface area contributed by atoms with E-state index in [0.717, 1.165) is 0 Å². The summed E-state index contributed by atoms with van der Waals surface area (Å²) in [6.07, 6.45) is 0. The predicted molar refractivity (Wildman–Crippen MR) is 119 cm³/mol. The van der Waals surface area contributed by atoms with Gasteiger partial charge in [0.25, 0.3) is 5.91 Å². The Bertz CT molecular complexity index is 828. The van der Waals surface area contributed by atoms with E-state index < -0.39 is 44.5 Å². The number of nitrogens with one attached hydrogen (secondary N) is 1. The minimum Gasteiger partial charge on any atom is -0.484 e. The molecule has 2 heterocycles. The Balaban J connectivity index is 1.62. The van der Waals surface area contributed by atoms with Crippen molar-refractivity contribution in [3.05, 3.63) is 30.3 Å². The maximum Gasteiger partial charge on any atom is 0.330 e. The molecule has 2 amide bonds. The first-order valence-corrected chi connectivity index (χ1v) is 12.0. The topological polar surface area (TPSA) is 84.9 Å². The molecule has 1 N–H and O–H groups in total. The largest absolute Gasteiger partial charge is 0.484 e. The molecule has 7 nitrogen and oxygen atoms in total. The van der Waals surface area contributed by atoms with Crippen molar-refractivity contribution in [2.75, 3.05) is 18.5 Å². The van der Waals surface area contributed by atoms with Crippen LogP contribution >= 0.6 is 62.5 Å². The van der Waals surface area contributed by atoms with Gasteiger partial charge in [-0.25, -0.2) is 4.79 Å². The van der Waals surface area contributed by atoms with Crippen LogP contribution in [0.4, 0.5) is 0 Å². The lowest BCUT2D eigenvalue weighted by atomic mass is 9.96. The molecule has 2 aliphatic heterocycles. The maximum atomic E-state index is 12.7. The molecule has 3 unspecified atom stereocenters. The second-order valence-corrected chi connectivity index (χ2v) is 11.7. The molecule has 1 aromatic carbocycles. The van der Waals surface area contributed by atoms with Gasteiger partial charge in [-0.3, -0.25) is 9.59 Å². The summed E-state index contributed by atoms with van der Waals surface area (Å²) < 4.78 is 8.10. The molecule has 0 aliphatic carbocycles. The molecule has 0 spiro atoms. The number of nitrogens with zero attached hydrogens (tertiary/aromatic N) is 1. The van der Waals surface area contributed by atoms with Crippen molar-refractivity contribution in [1.82, 2.24) is 10.2 Å². The number of β-lactam (4-membered cyclic amide) rings is 1. The first-order chi connectivity index (χ1) is 14.1. The van der Waals surface area contributed by atoms with Gasteiger partial charge in [-0.15, -0.1) is 11.8 Å². The molecule has 2 aliphatic rings. The van der Waals surface area contributed by atoms with Crippen molar-refractivity contribution in [2.45, 2.75) is 32.9 Å². The van der Waals surface area contributed by atoms with Gasteiger partial charge >= 0.3 is 5.97 Å². The van der Waals surface area contributed by atoms with Gasteiger partial charge in [-0.2, -0.15) is 0 Å². The zero-order valence-electron chi connectivity index (χ0n) is 15.6. The zero-order valence-corrected chi connectivity index (χ0v) is 20.3. The van der Waals surface area contributed by atoms with Gasteiger partial charge in [0.15, 0.2) is 6.61 Å². The summed E-state index contributed by atoms with van der Waals surface area (Å²) in [6.45, 7) is 1.17. The normalized spacial score (nSPS) is 27.8. The van der Waals surface area contributed by atoms with Crippen molar-refractivity contribution in [1.29, 1.82) is 0 Å². The van der Waals surface area contributed by atoms with Crippen LogP contribution in [0, 0.1) is 0 Å². The number of fused-ring (bicyclic) bond motifs is 1. The minimum atomic E-state index is -1.75. The maximum absolute atomic E-state index is 12.7. The number of benzene rings is 1. The number of esters is 1. The highest BCUT2D eigenvalue weighted by Crippen LogP contribution is 2.52. The average molecular weight is 561 g/mol. The SMILES string of the molecule is CC1(CBr)S[C@@H]2C(NC(=O)COc3ccccc3)C(=O)N2C1C(=O)OCC(Cl)(Cl)Cl. The fraction of sp³-hybridized carbons (Fsp3) is 0.500. The van der Waals surface area contributed by atoms with Gasteiger partial charge in [0.1, 0.15) is 29.8 Å². The number of carbonyl (C=O) groups is 3. The van der Waals surface area contributed by atoms with Crippen molar-refractivity contribution < 1.29 is 23.9 Å². The van der Waals surface area contributed by atoms with Crippen LogP contribution in [0.5, 0.6) is 5.75 Å². The van der Waals surface area contributed by atoms with Gasteiger partial charge < -0.3 is 19.7 Å². The molecule has 0 aromatic heterocycles. The van der Waals surface area contributed by atoms with E-state index in [-0.39, 0.29) is 12.5 Å². The van der Waals surface area contributed by atoms with Crippen LogP contribution in [0.25, 0.3) is 0 Å². The molecule has 0 saturated carbocycles. The van der Waals surface area contributed by atoms with Gasteiger partial charge in [-0.05, 0) is 19.1 Å². The summed E-state index contributed by atoms with van der Waals surface area (Å²) >= 11 is 21.8. The van der Waals surface area contributed by atoms with E-state index in [4.69, 9.17) is 44.3 Å². The Labute approximate surface area is 201 Å². The Hall–Kier alpha value is -0.870. The number of amides is 2. The van der Waals surface area contributed by atoms with E-state index in [2.05, 4.69) is 21.2 Å². The smallest absolute Gasteiger partial charge is 0.330 e. The molecule has 2 fully saturated rings. The minimum absolute atomic E-state index is 0.227. The monoisotopic (exact) mass is 558 g/mol. The summed E-state index contributed by atoms with van der Waals surface area (Å²) in [5, 5.41) is 2.68. The third-order valence-corrected chi connectivity index (χ3v) is 8.13. The molecule has 4 atom stereocenters. The lowest BCUT2D eigenvalue weighted by molar-refractivity contribution is -0.164. The van der Waals surface area contributed by atoms with Gasteiger partial charge in [0.05, 0.1) is 4.75 Å². The Morgan fingerprint density at radius 2 is 1.97 bits per heavy atom. The number of ether oxygens (including phenoxy) is 2. The molecule has 30 heavy (non-hydrogen) atoms. The molecular weight excluding hydrogens is 543 g/mol. The molecule has 164 valence electrons. The van der Waals surface area contributed by atoms with Crippen LogP contribution in [0.2, 0.25) is 0 Å². The number of halogens is 4. The highest BCUT2D eigenvalue weighted by atomic mass is 79.9. The molecule has 1 aromatic rings. The second kappa shape index (κ2) is 9.32. The molecule has 0 bridgehead atoms. The number of hydrogen-bond acceptors (Lipinski definition) is 6. The fourth-order valence-electron chi connectivity index (χ4n) is 3.23. The first kappa shape index (κ1) is 23.8. The molecule has 0 radical (unpaired) electrons. The summed E-state index contributed by atoms with van der Waals surface area (Å²) in [5.74, 6) is -0.918. The van der Waals surface area contributed by atoms with Crippen LogP contribution < -0.4 is 10.1 Å². The van der Waals surface area contributed by atoms with Crippen LogP contribution in [0.1, 0.15) is 6.92 Å². The van der Waals surface area contributed by atoms with E-state index in [1.165, 1.54) is 16.7 Å². The Morgan fingerprint density at radius 1 is 1.30 bits per heavy atom. The molecule has 2 saturated heterocycles. The van der Waals surface area contributed by atoms with Gasteiger partial charge in [-0.1, -0.05) is 68.9 Å². The quantitative estimate of drug-likeness (QED) is 0.314. The van der Waals surface area contributed by atoms with E-state index >= 15 is 0 Å². The van der Waals surface area contributed by atoms with Crippen molar-refractivity contribution >= 4 is 80.3 Å². The zero-order chi connectivity index (χ0) is 22.1. The number of para-hydroxylation sites is 1. The number of thioether (sulfide) groups is 1. The van der Waals surface area contributed by atoms with E-state index in [9.17, 15) is 14.4 Å². The first-order valence-electron chi connectivity index (χ1n) is 8.82. The standard InChI is InChI=1S/C18H18BrCl3N2O5S/c1-17(8-19)13(16(27)29-9-18(20,21)22)24-14(26)12(15(24)30-17)23-11(25)7-28-10-5-3-2-4-6-10/h2-6,12-13,15H,7-9H2,1H3,(H,23,25)/t12?,13?,15-,17?/m1/s1. The highest BCUT2D eigenvalue weighted by molar-refractivity contribution is 9.09. The van der Waals surface area contributed by atoms with Crippen LogP contribution in [0.3, 0.4) is 0 Å². The molecular formula is C18H18BrCl3N2O5S. The van der Waals surface area contributed by atoms with Crippen molar-refractivity contribution in [2.24, 2.45) is 0 Å². The van der Waals surface area contributed by atoms with E-state index in [1.807, 2.05) is 13.0 Å².